The molecule has 2 aromatic carbocycles. The van der Waals surface area contributed by atoms with E-state index in [0.29, 0.717) is 39.8 Å². The van der Waals surface area contributed by atoms with Crippen molar-refractivity contribution in [1.29, 1.82) is 0 Å². The number of halogens is 1. The molecule has 1 aliphatic rings. The van der Waals surface area contributed by atoms with Crippen LogP contribution in [0.4, 0.5) is 0 Å². The molecule has 0 aliphatic carbocycles. The number of rotatable bonds is 6. The number of fused-ring (bicyclic) bond motifs is 1. The first kappa shape index (κ1) is 19.2. The molecule has 28 heavy (non-hydrogen) atoms. The van der Waals surface area contributed by atoms with Crippen LogP contribution < -0.4 is 5.56 Å². The van der Waals surface area contributed by atoms with Gasteiger partial charge in [-0.05, 0) is 31.0 Å². The van der Waals surface area contributed by atoms with Crippen LogP contribution in [0, 0.1) is 0 Å². The van der Waals surface area contributed by atoms with Gasteiger partial charge >= 0.3 is 0 Å². The van der Waals surface area contributed by atoms with Gasteiger partial charge in [-0.25, -0.2) is 4.98 Å². The Bertz CT molecular complexity index is 1060. The fourth-order valence-corrected chi connectivity index (χ4v) is 4.34. The van der Waals surface area contributed by atoms with Gasteiger partial charge < -0.3 is 4.74 Å². The topological polar surface area (TPSA) is 61.2 Å². The van der Waals surface area contributed by atoms with Crippen molar-refractivity contribution in [2.24, 2.45) is 0 Å². The lowest BCUT2D eigenvalue weighted by molar-refractivity contribution is 0.0937. The van der Waals surface area contributed by atoms with Crippen LogP contribution in [0.25, 0.3) is 10.9 Å². The van der Waals surface area contributed by atoms with Crippen LogP contribution in [-0.4, -0.2) is 33.8 Å². The van der Waals surface area contributed by atoms with Crippen molar-refractivity contribution < 1.29 is 9.53 Å². The Hall–Kier alpha value is -2.15. The summed E-state index contributed by atoms with van der Waals surface area (Å²) in [4.78, 5) is 30.2. The summed E-state index contributed by atoms with van der Waals surface area (Å²) in [6.45, 7) is 1.15. The summed E-state index contributed by atoms with van der Waals surface area (Å²) in [6.07, 6.45) is 1.90. The second-order valence-electron chi connectivity index (χ2n) is 6.68. The summed E-state index contributed by atoms with van der Waals surface area (Å²) in [6, 6.07) is 14.2. The molecular weight excluding hydrogens is 396 g/mol. The number of hydrogen-bond acceptors (Lipinski definition) is 5. The van der Waals surface area contributed by atoms with Gasteiger partial charge in [0.05, 0.1) is 29.3 Å². The molecule has 1 aromatic heterocycles. The number of hydrogen-bond donors (Lipinski definition) is 0. The summed E-state index contributed by atoms with van der Waals surface area (Å²) >= 11 is 7.35. The molecule has 7 heteroatoms. The average Bonchev–Trinajstić information content (AvgIpc) is 3.22. The first-order valence-corrected chi connectivity index (χ1v) is 10.5. The zero-order chi connectivity index (χ0) is 19.5. The third-order valence-electron chi connectivity index (χ3n) is 4.72. The Labute approximate surface area is 171 Å². The number of carbonyl (C=O) groups is 1. The van der Waals surface area contributed by atoms with E-state index in [1.807, 2.05) is 18.2 Å². The molecule has 0 saturated carbocycles. The van der Waals surface area contributed by atoms with Gasteiger partial charge in [-0.1, -0.05) is 53.7 Å². The van der Waals surface area contributed by atoms with E-state index >= 15 is 0 Å². The number of nitrogens with zero attached hydrogens (tertiary/aromatic N) is 2. The molecule has 0 spiro atoms. The monoisotopic (exact) mass is 414 g/mol. The SMILES string of the molecule is O=C(CSc1nc2cc(Cl)ccc2c(=O)n1C[C@@H]1CCCO1)c1ccccc1. The van der Waals surface area contributed by atoms with Gasteiger partial charge in [0.1, 0.15) is 0 Å². The molecule has 1 aliphatic heterocycles. The molecule has 5 nitrogen and oxygen atoms in total. The largest absolute Gasteiger partial charge is 0.376 e. The molecule has 144 valence electrons. The van der Waals surface area contributed by atoms with Crippen LogP contribution in [0.15, 0.2) is 58.5 Å². The first-order chi connectivity index (χ1) is 13.6. The van der Waals surface area contributed by atoms with Gasteiger partial charge in [-0.2, -0.15) is 0 Å². The van der Waals surface area contributed by atoms with Crippen LogP contribution in [0.2, 0.25) is 5.02 Å². The molecule has 1 saturated heterocycles. The Balaban J connectivity index is 1.67. The summed E-state index contributed by atoms with van der Waals surface area (Å²) in [5.74, 6) is 0.198. The number of ether oxygens (including phenoxy) is 1. The van der Waals surface area contributed by atoms with Crippen molar-refractivity contribution in [3.63, 3.8) is 0 Å². The van der Waals surface area contributed by atoms with E-state index < -0.39 is 0 Å². The zero-order valence-corrected chi connectivity index (χ0v) is 16.7. The van der Waals surface area contributed by atoms with Gasteiger partial charge in [0.15, 0.2) is 10.9 Å². The van der Waals surface area contributed by atoms with E-state index in [-0.39, 0.29) is 23.2 Å². The Morgan fingerprint density at radius 2 is 2.07 bits per heavy atom. The second kappa shape index (κ2) is 8.47. The highest BCUT2D eigenvalue weighted by molar-refractivity contribution is 7.99. The minimum Gasteiger partial charge on any atom is -0.376 e. The molecule has 1 atom stereocenters. The molecular formula is C21H19ClN2O3S. The van der Waals surface area contributed by atoms with Crippen LogP contribution in [0.1, 0.15) is 23.2 Å². The summed E-state index contributed by atoms with van der Waals surface area (Å²) in [5, 5.41) is 1.55. The standard InChI is InChI=1S/C21H19ClN2O3S/c22-15-8-9-17-18(11-15)23-21(24(20(17)26)12-16-7-4-10-27-16)28-13-19(25)14-5-2-1-3-6-14/h1-3,5-6,8-9,11,16H,4,7,10,12-13H2/t16-/m0/s1. The lowest BCUT2D eigenvalue weighted by atomic mass is 10.2. The minimum atomic E-state index is -0.133. The van der Waals surface area contributed by atoms with Crippen molar-refractivity contribution in [1.82, 2.24) is 9.55 Å². The van der Waals surface area contributed by atoms with Gasteiger partial charge in [-0.3, -0.25) is 14.2 Å². The van der Waals surface area contributed by atoms with E-state index in [9.17, 15) is 9.59 Å². The van der Waals surface area contributed by atoms with Gasteiger partial charge in [0.25, 0.3) is 5.56 Å². The molecule has 3 aromatic rings. The minimum absolute atomic E-state index is 0.00490. The third-order valence-corrected chi connectivity index (χ3v) is 5.93. The molecule has 0 N–H and O–H groups in total. The van der Waals surface area contributed by atoms with Crippen molar-refractivity contribution in [2.75, 3.05) is 12.4 Å². The summed E-state index contributed by atoms with van der Waals surface area (Å²) in [5.41, 5.74) is 1.05. The summed E-state index contributed by atoms with van der Waals surface area (Å²) in [7, 11) is 0. The third kappa shape index (κ3) is 4.14. The first-order valence-electron chi connectivity index (χ1n) is 9.14. The summed E-state index contributed by atoms with van der Waals surface area (Å²) < 4.78 is 7.34. The average molecular weight is 415 g/mol. The van der Waals surface area contributed by atoms with Crippen LogP contribution in [0.3, 0.4) is 0 Å². The quantitative estimate of drug-likeness (QED) is 0.343. The fraction of sp³-hybridized carbons (Fsp3) is 0.286. The lowest BCUT2D eigenvalue weighted by Crippen LogP contribution is -2.29. The number of ketones is 1. The van der Waals surface area contributed by atoms with Crippen molar-refractivity contribution in [3.8, 4) is 0 Å². The van der Waals surface area contributed by atoms with Gasteiger partial charge in [0.2, 0.25) is 0 Å². The molecule has 0 unspecified atom stereocenters. The fourth-order valence-electron chi connectivity index (χ4n) is 3.27. The number of carbonyl (C=O) groups excluding carboxylic acids is 1. The molecule has 0 bridgehead atoms. The second-order valence-corrected chi connectivity index (χ2v) is 8.06. The van der Waals surface area contributed by atoms with Crippen molar-refractivity contribution in [3.05, 3.63) is 69.5 Å². The highest BCUT2D eigenvalue weighted by Crippen LogP contribution is 2.23. The van der Waals surface area contributed by atoms with Crippen molar-refractivity contribution in [2.45, 2.75) is 30.6 Å². The number of thioether (sulfide) groups is 1. The molecule has 1 fully saturated rings. The van der Waals surface area contributed by atoms with E-state index in [0.717, 1.165) is 12.8 Å². The van der Waals surface area contributed by atoms with Gasteiger partial charge in [0, 0.05) is 17.2 Å². The number of benzene rings is 2. The van der Waals surface area contributed by atoms with E-state index in [4.69, 9.17) is 16.3 Å². The Morgan fingerprint density at radius 3 is 2.82 bits per heavy atom. The zero-order valence-electron chi connectivity index (χ0n) is 15.1. The predicted molar refractivity (Wildman–Crippen MR) is 111 cm³/mol. The molecule has 2 heterocycles. The molecule has 4 rings (SSSR count). The molecule has 0 radical (unpaired) electrons. The highest BCUT2D eigenvalue weighted by atomic mass is 35.5. The maximum absolute atomic E-state index is 13.1. The van der Waals surface area contributed by atoms with Crippen LogP contribution >= 0.6 is 23.4 Å². The van der Waals surface area contributed by atoms with E-state index in [2.05, 4.69) is 4.98 Å². The Kier molecular flexibility index (Phi) is 5.80. The van der Waals surface area contributed by atoms with Crippen LogP contribution in [-0.2, 0) is 11.3 Å². The molecule has 0 amide bonds. The Morgan fingerprint density at radius 1 is 1.25 bits per heavy atom. The normalized spacial score (nSPS) is 16.5. The maximum Gasteiger partial charge on any atom is 0.262 e. The maximum atomic E-state index is 13.1. The van der Waals surface area contributed by atoms with Gasteiger partial charge in [-0.15, -0.1) is 0 Å². The predicted octanol–water partition coefficient (Wildman–Crippen LogP) is 4.20. The highest BCUT2D eigenvalue weighted by Gasteiger charge is 2.21. The van der Waals surface area contributed by atoms with Crippen LogP contribution in [0.5, 0.6) is 0 Å². The lowest BCUT2D eigenvalue weighted by Gasteiger charge is -2.16. The van der Waals surface area contributed by atoms with Crippen molar-refractivity contribution >= 4 is 40.0 Å². The van der Waals surface area contributed by atoms with E-state index in [1.165, 1.54) is 11.8 Å². The smallest absolute Gasteiger partial charge is 0.262 e. The number of Topliss-reactive ketones (excluding diaryl/α,β-unsaturated/α-hetero) is 1. The number of aromatic nitrogens is 2. The van der Waals surface area contributed by atoms with E-state index in [1.54, 1.807) is 34.9 Å².